The highest BCUT2D eigenvalue weighted by Gasteiger charge is 2.18. The van der Waals surface area contributed by atoms with Gasteiger partial charge in [-0.05, 0) is 63.2 Å². The molecule has 0 aliphatic heterocycles. The average molecular weight is 379 g/mol. The van der Waals surface area contributed by atoms with Crippen LogP contribution >= 0.6 is 22.6 Å². The molecule has 1 atom stereocenters. The highest BCUT2D eigenvalue weighted by atomic mass is 127. The van der Waals surface area contributed by atoms with Gasteiger partial charge in [-0.1, -0.05) is 57.2 Å². The fraction of sp³-hybridized carbons (Fsp3) is 0.333. The minimum atomic E-state index is -0.0523. The summed E-state index contributed by atoms with van der Waals surface area (Å²) in [6.07, 6.45) is 1.13. The summed E-state index contributed by atoms with van der Waals surface area (Å²) >= 11 is 2.32. The minimum absolute atomic E-state index is 0.0523. The lowest BCUT2D eigenvalue weighted by molar-refractivity contribution is 0.506. The van der Waals surface area contributed by atoms with Crippen LogP contribution in [-0.4, -0.2) is 0 Å². The van der Waals surface area contributed by atoms with E-state index in [9.17, 15) is 0 Å². The lowest BCUT2D eigenvalue weighted by Crippen LogP contribution is -2.16. The molecule has 0 radical (unpaired) electrons. The molecule has 0 fully saturated rings. The normalized spacial score (nSPS) is 13.2. The van der Waals surface area contributed by atoms with Crippen molar-refractivity contribution in [2.24, 2.45) is 5.73 Å². The van der Waals surface area contributed by atoms with Crippen LogP contribution in [0.15, 0.2) is 48.5 Å². The highest BCUT2D eigenvalue weighted by Crippen LogP contribution is 2.28. The van der Waals surface area contributed by atoms with Gasteiger partial charge in [-0.25, -0.2) is 0 Å². The van der Waals surface area contributed by atoms with Gasteiger partial charge in [0, 0.05) is 3.57 Å². The van der Waals surface area contributed by atoms with Crippen LogP contribution in [0.25, 0.3) is 0 Å². The predicted molar refractivity (Wildman–Crippen MR) is 94.9 cm³/mol. The zero-order chi connectivity index (χ0) is 14.8. The van der Waals surface area contributed by atoms with Gasteiger partial charge in [0.05, 0.1) is 6.04 Å². The Balaban J connectivity index is 2.26. The number of hydrogen-bond donors (Lipinski definition) is 1. The van der Waals surface area contributed by atoms with E-state index in [1.54, 1.807) is 0 Å². The molecular formula is C18H22IN. The number of hydrogen-bond acceptors (Lipinski definition) is 1. The third kappa shape index (κ3) is 3.41. The fourth-order valence-corrected chi connectivity index (χ4v) is 2.81. The largest absolute Gasteiger partial charge is 0.320 e. The van der Waals surface area contributed by atoms with Crippen molar-refractivity contribution in [1.82, 2.24) is 0 Å². The van der Waals surface area contributed by atoms with Crippen LogP contribution in [0, 0.1) is 3.57 Å². The van der Waals surface area contributed by atoms with Crippen molar-refractivity contribution in [3.63, 3.8) is 0 Å². The molecule has 0 aromatic heterocycles. The van der Waals surface area contributed by atoms with Crippen molar-refractivity contribution < 1.29 is 0 Å². The summed E-state index contributed by atoms with van der Waals surface area (Å²) in [7, 11) is 0. The van der Waals surface area contributed by atoms with Gasteiger partial charge in [-0.15, -0.1) is 0 Å². The first-order valence-corrected chi connectivity index (χ1v) is 8.13. The Morgan fingerprint density at radius 1 is 1.05 bits per heavy atom. The Labute approximate surface area is 135 Å². The lowest BCUT2D eigenvalue weighted by Gasteiger charge is -2.24. The molecule has 0 amide bonds. The summed E-state index contributed by atoms with van der Waals surface area (Å²) in [5, 5.41) is 0. The first-order chi connectivity index (χ1) is 9.44. The molecule has 2 aromatic rings. The smallest absolute Gasteiger partial charge is 0.0552 e. The monoisotopic (exact) mass is 379 g/mol. The van der Waals surface area contributed by atoms with Crippen LogP contribution in [0.4, 0.5) is 0 Å². The molecule has 0 spiro atoms. The molecule has 2 heteroatoms. The Hall–Kier alpha value is -0.870. The first-order valence-electron chi connectivity index (χ1n) is 7.05. The molecule has 0 aliphatic carbocycles. The van der Waals surface area contributed by atoms with Crippen LogP contribution in [0.1, 0.15) is 49.9 Å². The number of benzene rings is 2. The molecule has 0 heterocycles. The van der Waals surface area contributed by atoms with Crippen LogP contribution in [0.3, 0.4) is 0 Å². The third-order valence-electron chi connectivity index (χ3n) is 4.14. The fourth-order valence-electron chi connectivity index (χ4n) is 2.24. The molecule has 0 aliphatic rings. The second-order valence-electron chi connectivity index (χ2n) is 5.89. The molecule has 1 unspecified atom stereocenters. The third-order valence-corrected chi connectivity index (χ3v) is 4.81. The van der Waals surface area contributed by atoms with E-state index in [2.05, 4.69) is 91.9 Å². The van der Waals surface area contributed by atoms with Gasteiger partial charge < -0.3 is 5.73 Å². The topological polar surface area (TPSA) is 26.0 Å². The van der Waals surface area contributed by atoms with Crippen molar-refractivity contribution in [2.75, 3.05) is 0 Å². The predicted octanol–water partition coefficient (Wildman–Crippen LogP) is 5.03. The highest BCUT2D eigenvalue weighted by molar-refractivity contribution is 14.1. The molecule has 0 bridgehead atoms. The number of nitrogens with two attached hydrogens (primary N) is 1. The lowest BCUT2D eigenvalue weighted by atomic mass is 9.81. The second kappa shape index (κ2) is 6.27. The molecule has 2 N–H and O–H groups in total. The van der Waals surface area contributed by atoms with E-state index < -0.39 is 0 Å². The van der Waals surface area contributed by atoms with E-state index in [-0.39, 0.29) is 11.5 Å². The van der Waals surface area contributed by atoms with Crippen LogP contribution in [0.2, 0.25) is 0 Å². The summed E-state index contributed by atoms with van der Waals surface area (Å²) in [6, 6.07) is 17.1. The number of halogens is 1. The zero-order valence-corrected chi connectivity index (χ0v) is 14.5. The summed E-state index contributed by atoms with van der Waals surface area (Å²) in [6.45, 7) is 6.79. The van der Waals surface area contributed by atoms with Gasteiger partial charge in [-0.2, -0.15) is 0 Å². The van der Waals surface area contributed by atoms with Gasteiger partial charge in [0.15, 0.2) is 0 Å². The Morgan fingerprint density at radius 3 is 2.25 bits per heavy atom. The Morgan fingerprint density at radius 2 is 1.70 bits per heavy atom. The molecule has 0 saturated carbocycles. The second-order valence-corrected chi connectivity index (χ2v) is 7.14. The standard InChI is InChI=1S/C18H22IN/c1-4-18(2,3)15-10-8-13(9-11-15)17(20)14-6-5-7-16(19)12-14/h5-12,17H,4,20H2,1-3H3. The van der Waals surface area contributed by atoms with Crippen molar-refractivity contribution >= 4 is 22.6 Å². The molecule has 1 nitrogen and oxygen atoms in total. The van der Waals surface area contributed by atoms with Gasteiger partial charge in [0.2, 0.25) is 0 Å². The summed E-state index contributed by atoms with van der Waals surface area (Å²) < 4.78 is 1.22. The van der Waals surface area contributed by atoms with Crippen LogP contribution in [0.5, 0.6) is 0 Å². The van der Waals surface area contributed by atoms with Crippen LogP contribution in [-0.2, 0) is 5.41 Å². The maximum absolute atomic E-state index is 6.37. The molecule has 0 saturated heterocycles. The van der Waals surface area contributed by atoms with Crippen molar-refractivity contribution in [2.45, 2.75) is 38.6 Å². The van der Waals surface area contributed by atoms with Crippen molar-refractivity contribution in [3.05, 3.63) is 68.8 Å². The maximum atomic E-state index is 6.37. The number of rotatable bonds is 4. The maximum Gasteiger partial charge on any atom is 0.0552 e. The molecule has 2 rings (SSSR count). The van der Waals surface area contributed by atoms with Gasteiger partial charge >= 0.3 is 0 Å². The van der Waals surface area contributed by atoms with E-state index in [0.29, 0.717) is 0 Å². The Bertz CT molecular complexity index is 572. The zero-order valence-electron chi connectivity index (χ0n) is 12.4. The van der Waals surface area contributed by atoms with E-state index >= 15 is 0 Å². The quantitative estimate of drug-likeness (QED) is 0.742. The molecule has 20 heavy (non-hydrogen) atoms. The van der Waals surface area contributed by atoms with Crippen molar-refractivity contribution in [3.8, 4) is 0 Å². The van der Waals surface area contributed by atoms with Gasteiger partial charge in [0.1, 0.15) is 0 Å². The first kappa shape index (κ1) is 15.5. The Kier molecular flexibility index (Phi) is 4.86. The SMILES string of the molecule is CCC(C)(C)c1ccc(C(N)c2cccc(I)c2)cc1. The summed E-state index contributed by atoms with van der Waals surface area (Å²) in [5.41, 5.74) is 10.3. The van der Waals surface area contributed by atoms with E-state index in [1.165, 1.54) is 20.3 Å². The van der Waals surface area contributed by atoms with Crippen LogP contribution < -0.4 is 5.73 Å². The van der Waals surface area contributed by atoms with Crippen molar-refractivity contribution in [1.29, 1.82) is 0 Å². The average Bonchev–Trinajstić information content (AvgIpc) is 2.46. The van der Waals surface area contributed by atoms with E-state index in [1.807, 2.05) is 0 Å². The summed E-state index contributed by atoms with van der Waals surface area (Å²) in [4.78, 5) is 0. The molecule has 2 aromatic carbocycles. The van der Waals surface area contributed by atoms with Gasteiger partial charge in [0.25, 0.3) is 0 Å². The summed E-state index contributed by atoms with van der Waals surface area (Å²) in [5.74, 6) is 0. The molecule has 106 valence electrons. The molecular weight excluding hydrogens is 357 g/mol. The van der Waals surface area contributed by atoms with E-state index in [4.69, 9.17) is 5.73 Å². The van der Waals surface area contributed by atoms with E-state index in [0.717, 1.165) is 6.42 Å². The van der Waals surface area contributed by atoms with Gasteiger partial charge in [-0.3, -0.25) is 0 Å². The minimum Gasteiger partial charge on any atom is -0.320 e.